The molecule has 0 bridgehead atoms. The Balaban J connectivity index is 0.000000791. The summed E-state index contributed by atoms with van der Waals surface area (Å²) in [5.74, 6) is 0.647. The van der Waals surface area contributed by atoms with Crippen LogP contribution in [-0.2, 0) is 6.61 Å². The van der Waals surface area contributed by atoms with Gasteiger partial charge >= 0.3 is 0 Å². The fourth-order valence-electron chi connectivity index (χ4n) is 0.807. The minimum atomic E-state index is 0.0263. The van der Waals surface area contributed by atoms with Crippen LogP contribution in [0, 0.1) is 24.2 Å². The number of hydrogen-bond donors (Lipinski definition) is 1. The number of nitriles is 1. The van der Waals surface area contributed by atoms with E-state index in [0.29, 0.717) is 5.75 Å². The van der Waals surface area contributed by atoms with Crippen LogP contribution < -0.4 is 4.74 Å². The molecule has 1 N–H and O–H groups in total. The molecule has 0 amide bonds. The average molecular weight is 189 g/mol. The number of aliphatic hydroxyl groups excluding tert-OH is 1. The number of aliphatic hydroxyl groups is 1. The van der Waals surface area contributed by atoms with E-state index in [9.17, 15) is 0 Å². The molecule has 72 valence electrons. The van der Waals surface area contributed by atoms with Gasteiger partial charge in [-0.05, 0) is 17.7 Å². The third-order valence-electron chi connectivity index (χ3n) is 1.41. The first-order valence-corrected chi connectivity index (χ1v) is 3.89. The van der Waals surface area contributed by atoms with Crippen LogP contribution in [-0.4, -0.2) is 11.7 Å². The van der Waals surface area contributed by atoms with Crippen molar-refractivity contribution in [3.05, 3.63) is 29.8 Å². The molecule has 1 aromatic carbocycles. The van der Waals surface area contributed by atoms with Gasteiger partial charge in [-0.2, -0.15) is 5.26 Å². The molecule has 3 heteroatoms. The van der Waals surface area contributed by atoms with Crippen LogP contribution in [0.4, 0.5) is 0 Å². The van der Waals surface area contributed by atoms with Crippen molar-refractivity contribution in [1.29, 1.82) is 5.26 Å². The lowest BCUT2D eigenvalue weighted by molar-refractivity contribution is 0.281. The number of terminal acetylenes is 1. The van der Waals surface area contributed by atoms with Gasteiger partial charge in [-0.3, -0.25) is 0 Å². The van der Waals surface area contributed by atoms with E-state index in [-0.39, 0.29) is 13.2 Å². The van der Waals surface area contributed by atoms with E-state index < -0.39 is 0 Å². The first-order chi connectivity index (χ1) is 6.86. The summed E-state index contributed by atoms with van der Waals surface area (Å²) < 4.78 is 5.01. The lowest BCUT2D eigenvalue weighted by Gasteiger charge is -2.01. The Morgan fingerprint density at radius 3 is 2.29 bits per heavy atom. The highest BCUT2D eigenvalue weighted by Gasteiger charge is 1.92. The van der Waals surface area contributed by atoms with E-state index in [1.54, 1.807) is 24.3 Å². The zero-order chi connectivity index (χ0) is 10.8. The Morgan fingerprint density at radius 1 is 1.29 bits per heavy atom. The minimum Gasteiger partial charge on any atom is -0.479 e. The molecule has 0 atom stereocenters. The van der Waals surface area contributed by atoms with Crippen molar-refractivity contribution in [2.75, 3.05) is 6.61 Å². The fraction of sp³-hybridized carbons (Fsp3) is 0.182. The Labute approximate surface area is 83.6 Å². The maximum atomic E-state index is 8.71. The van der Waals surface area contributed by atoms with Crippen molar-refractivity contribution in [2.45, 2.75) is 6.61 Å². The maximum Gasteiger partial charge on any atom is 0.174 e. The molecule has 1 aromatic rings. The van der Waals surface area contributed by atoms with E-state index in [1.165, 1.54) is 0 Å². The third-order valence-corrected chi connectivity index (χ3v) is 1.41. The van der Waals surface area contributed by atoms with Gasteiger partial charge in [0.1, 0.15) is 11.8 Å². The number of benzene rings is 1. The Hall–Kier alpha value is -1.97. The quantitative estimate of drug-likeness (QED) is 0.730. The minimum absolute atomic E-state index is 0.0263. The molecule has 1 rings (SSSR count). The van der Waals surface area contributed by atoms with Gasteiger partial charge in [-0.1, -0.05) is 12.1 Å². The van der Waals surface area contributed by atoms with Gasteiger partial charge in [-0.15, -0.1) is 12.8 Å². The Morgan fingerprint density at radius 2 is 1.86 bits per heavy atom. The van der Waals surface area contributed by atoms with E-state index in [0.717, 1.165) is 5.56 Å². The van der Waals surface area contributed by atoms with Crippen molar-refractivity contribution in [2.24, 2.45) is 0 Å². The van der Waals surface area contributed by atoms with Crippen LogP contribution in [0.15, 0.2) is 24.3 Å². The fourth-order valence-corrected chi connectivity index (χ4v) is 0.807. The van der Waals surface area contributed by atoms with E-state index >= 15 is 0 Å². The van der Waals surface area contributed by atoms with Crippen molar-refractivity contribution in [1.82, 2.24) is 0 Å². The predicted molar refractivity (Wildman–Crippen MR) is 53.4 cm³/mol. The van der Waals surface area contributed by atoms with Gasteiger partial charge in [0.2, 0.25) is 0 Å². The second-order valence-corrected chi connectivity index (χ2v) is 2.25. The molecule has 0 radical (unpaired) electrons. The van der Waals surface area contributed by atoms with Gasteiger partial charge in [0, 0.05) is 0 Å². The van der Waals surface area contributed by atoms with Crippen molar-refractivity contribution >= 4 is 0 Å². The summed E-state index contributed by atoms with van der Waals surface area (Å²) in [5.41, 5.74) is 0.833. The van der Waals surface area contributed by atoms with Crippen LogP contribution in [0.1, 0.15) is 5.56 Å². The Bertz CT molecular complexity index is 308. The highest BCUT2D eigenvalue weighted by Crippen LogP contribution is 2.11. The Kier molecular flexibility index (Phi) is 6.59. The number of ether oxygens (including phenoxy) is 1. The summed E-state index contributed by atoms with van der Waals surface area (Å²) in [5, 5.41) is 16.9. The molecule has 0 saturated carbocycles. The maximum absolute atomic E-state index is 8.71. The molecular weight excluding hydrogens is 178 g/mol. The molecule has 0 unspecified atom stereocenters. The van der Waals surface area contributed by atoms with Gasteiger partial charge in [0.25, 0.3) is 0 Å². The van der Waals surface area contributed by atoms with E-state index in [4.69, 9.17) is 15.1 Å². The SMILES string of the molecule is C#C.N#CCOc1ccc(CO)cc1. The zero-order valence-electron chi connectivity index (χ0n) is 7.68. The molecule has 3 nitrogen and oxygen atoms in total. The highest BCUT2D eigenvalue weighted by molar-refractivity contribution is 5.26. The molecular formula is C11H11NO2. The highest BCUT2D eigenvalue weighted by atomic mass is 16.5. The molecule has 14 heavy (non-hydrogen) atoms. The first-order valence-electron chi connectivity index (χ1n) is 3.89. The van der Waals surface area contributed by atoms with Crippen LogP contribution in [0.2, 0.25) is 0 Å². The van der Waals surface area contributed by atoms with Crippen molar-refractivity contribution in [3.8, 4) is 24.7 Å². The lowest BCUT2D eigenvalue weighted by Crippen LogP contribution is -1.93. The average Bonchev–Trinajstić information content (AvgIpc) is 2.30. The molecule has 0 heterocycles. The molecule has 0 aliphatic carbocycles. The molecule has 0 saturated heterocycles. The largest absolute Gasteiger partial charge is 0.479 e. The van der Waals surface area contributed by atoms with E-state index in [2.05, 4.69) is 12.8 Å². The summed E-state index contributed by atoms with van der Waals surface area (Å²) in [7, 11) is 0. The number of nitrogens with zero attached hydrogens (tertiary/aromatic N) is 1. The second-order valence-electron chi connectivity index (χ2n) is 2.25. The summed E-state index contributed by atoms with van der Waals surface area (Å²) in [6.07, 6.45) is 8.00. The van der Waals surface area contributed by atoms with Crippen molar-refractivity contribution in [3.63, 3.8) is 0 Å². The summed E-state index contributed by atoms with van der Waals surface area (Å²) in [4.78, 5) is 0. The van der Waals surface area contributed by atoms with Gasteiger partial charge in [0.05, 0.1) is 6.61 Å². The molecule has 0 aliphatic rings. The van der Waals surface area contributed by atoms with Crippen LogP contribution in [0.3, 0.4) is 0 Å². The topological polar surface area (TPSA) is 53.2 Å². The summed E-state index contributed by atoms with van der Waals surface area (Å²) in [6.45, 7) is 0.0804. The van der Waals surface area contributed by atoms with Crippen LogP contribution >= 0.6 is 0 Å². The van der Waals surface area contributed by atoms with Gasteiger partial charge in [-0.25, -0.2) is 0 Å². The molecule has 0 aliphatic heterocycles. The van der Waals surface area contributed by atoms with Crippen molar-refractivity contribution < 1.29 is 9.84 Å². The molecule has 0 fully saturated rings. The van der Waals surface area contributed by atoms with E-state index in [1.807, 2.05) is 6.07 Å². The van der Waals surface area contributed by atoms with Crippen LogP contribution in [0.5, 0.6) is 5.75 Å². The number of rotatable bonds is 3. The summed E-state index contributed by atoms with van der Waals surface area (Å²) in [6, 6.07) is 8.84. The molecule has 0 spiro atoms. The third kappa shape index (κ3) is 4.15. The zero-order valence-corrected chi connectivity index (χ0v) is 7.68. The first kappa shape index (κ1) is 12.0. The smallest absolute Gasteiger partial charge is 0.174 e. The van der Waals surface area contributed by atoms with Gasteiger partial charge in [0.15, 0.2) is 6.61 Å². The molecule has 0 aromatic heterocycles. The summed E-state index contributed by atoms with van der Waals surface area (Å²) >= 11 is 0. The van der Waals surface area contributed by atoms with Crippen LogP contribution in [0.25, 0.3) is 0 Å². The number of hydrogen-bond acceptors (Lipinski definition) is 3. The second kappa shape index (κ2) is 7.67. The van der Waals surface area contributed by atoms with Gasteiger partial charge < -0.3 is 9.84 Å². The standard InChI is InChI=1S/C9H9NO2.C2H2/c10-5-6-12-9-3-1-8(7-11)2-4-9;1-2/h1-4,11H,6-7H2;1-2H. The normalized spacial score (nSPS) is 7.86. The lowest BCUT2D eigenvalue weighted by atomic mass is 10.2. The monoisotopic (exact) mass is 189 g/mol. The predicted octanol–water partition coefficient (Wildman–Crippen LogP) is 1.33.